The number of rotatable bonds is 25. The maximum Gasteiger partial charge on any atom is 0.325 e. The molecule has 10 aliphatic rings. The number of likely N-dealkylation sites (N-methyl/N-ethyl adjacent to an activating group) is 4. The number of alkyl halides is 2. The molecule has 8 aromatic heterocycles. The number of hydrogen-bond donors (Lipinski definition) is 4. The monoisotopic (exact) mass is 1840 g/mol. The van der Waals surface area contributed by atoms with Gasteiger partial charge in [-0.3, -0.25) is 19.6 Å². The van der Waals surface area contributed by atoms with E-state index >= 15 is 0 Å². The van der Waals surface area contributed by atoms with Crippen molar-refractivity contribution in [2.45, 2.75) is 236 Å². The number of methoxy groups -OCH3 is 1. The Kier molecular flexibility index (Phi) is 25.7. The van der Waals surface area contributed by atoms with Crippen molar-refractivity contribution < 1.29 is 32.7 Å². The summed E-state index contributed by atoms with van der Waals surface area (Å²) in [5, 5.41) is 15.3. The van der Waals surface area contributed by atoms with E-state index in [1.54, 1.807) is 116 Å². The average molecular weight is 1850 g/mol. The fourth-order valence-electron chi connectivity index (χ4n) is 18.9. The van der Waals surface area contributed by atoms with Crippen LogP contribution in [0.2, 0.25) is 10.0 Å². The Balaban J connectivity index is 0.000000123. The van der Waals surface area contributed by atoms with Crippen molar-refractivity contribution in [3.63, 3.8) is 0 Å². The molecule has 4 aliphatic heterocycles. The molecule has 12 heterocycles. The first kappa shape index (κ1) is 92.0. The fourth-order valence-corrected chi connectivity index (χ4v) is 19.3. The van der Waals surface area contributed by atoms with Gasteiger partial charge in [-0.15, -0.1) is 0 Å². The average Bonchev–Trinajstić information content (AvgIpc) is 1.61. The van der Waals surface area contributed by atoms with Crippen LogP contribution in [0.15, 0.2) is 136 Å². The molecule has 10 aromatic rings. The highest BCUT2D eigenvalue weighted by atomic mass is 35.5. The molecule has 4 saturated heterocycles. The quantitative estimate of drug-likeness (QED) is 0.0413. The molecule has 132 heavy (non-hydrogen) atoms. The number of amides is 8. The molecular weight excluding hydrogens is 1720 g/mol. The Labute approximate surface area is 779 Å². The number of anilines is 8. The zero-order chi connectivity index (χ0) is 93.2. The highest BCUT2D eigenvalue weighted by Gasteiger charge is 2.53. The van der Waals surface area contributed by atoms with Crippen LogP contribution < -0.4 is 45.6 Å². The van der Waals surface area contributed by atoms with Gasteiger partial charge in [-0.05, 0) is 180 Å². The molecule has 2 aromatic carbocycles. The Morgan fingerprint density at radius 1 is 0.402 bits per heavy atom. The smallest absolute Gasteiger partial charge is 0.325 e. The molecule has 6 aliphatic carbocycles. The molecule has 8 amide bonds. The number of urea groups is 4. The zero-order valence-corrected chi connectivity index (χ0v) is 79.5. The molecule has 0 radical (unpaired) electrons. The molecule has 10 fully saturated rings. The van der Waals surface area contributed by atoms with Crippen molar-refractivity contribution in [1.29, 1.82) is 0 Å². The zero-order valence-electron chi connectivity index (χ0n) is 78.0. The van der Waals surface area contributed by atoms with Crippen LogP contribution in [0.25, 0.3) is 11.4 Å². The first-order valence-corrected chi connectivity index (χ1v) is 47.1. The van der Waals surface area contributed by atoms with E-state index in [4.69, 9.17) is 47.9 Å². The Morgan fingerprint density at radius 3 is 1.05 bits per heavy atom. The van der Waals surface area contributed by atoms with Crippen LogP contribution in [-0.2, 0) is 22.2 Å². The largest absolute Gasteiger partial charge is 0.497 e. The summed E-state index contributed by atoms with van der Waals surface area (Å²) in [6.07, 6.45) is 35.7. The van der Waals surface area contributed by atoms with Gasteiger partial charge in [-0.1, -0.05) is 91.6 Å². The molecule has 4 N–H and O–H groups in total. The Bertz CT molecular complexity index is 5830. The number of aromatic nitrogens is 16. The van der Waals surface area contributed by atoms with E-state index in [0.29, 0.717) is 127 Å². The van der Waals surface area contributed by atoms with Crippen LogP contribution in [0.4, 0.5) is 75.0 Å². The summed E-state index contributed by atoms with van der Waals surface area (Å²) in [5.74, 6) is 4.74. The lowest BCUT2D eigenvalue weighted by Crippen LogP contribution is -2.38. The predicted octanol–water partition coefficient (Wildman–Crippen LogP) is 17.8. The van der Waals surface area contributed by atoms with Crippen molar-refractivity contribution in [3.8, 4) is 17.1 Å². The summed E-state index contributed by atoms with van der Waals surface area (Å²) in [5.41, 5.74) is 5.47. The van der Waals surface area contributed by atoms with Gasteiger partial charge in [-0.2, -0.15) is 19.9 Å². The third kappa shape index (κ3) is 19.4. The van der Waals surface area contributed by atoms with Gasteiger partial charge in [0.1, 0.15) is 29.0 Å². The number of nitrogens with zero attached hydrogens (tertiary/aromatic N) is 24. The van der Waals surface area contributed by atoms with Gasteiger partial charge in [0.25, 0.3) is 0 Å². The lowest BCUT2D eigenvalue weighted by atomic mass is 9.87. The minimum absolute atomic E-state index is 0.00460. The lowest BCUT2D eigenvalue weighted by Gasteiger charge is -2.29. The normalized spacial score (nSPS) is 22.5. The van der Waals surface area contributed by atoms with Gasteiger partial charge in [0.05, 0.1) is 107 Å². The Hall–Kier alpha value is -11.9. The Morgan fingerprint density at radius 2 is 0.727 bits per heavy atom. The number of carbonyl (C=O) groups is 4. The molecular formula is C95H122Cl2F2N28O5. The lowest BCUT2D eigenvalue weighted by molar-refractivity contribution is -0.0439. The van der Waals surface area contributed by atoms with Crippen LogP contribution in [0, 0.1) is 36.5 Å². The van der Waals surface area contributed by atoms with Gasteiger partial charge in [0, 0.05) is 151 Å². The SMILES string of the molecule is CC(C)[C@H]1CN(C)C(=O)N1c1ccnc(NC2(c3cn(C4CCC(F)(F)CC4)cn3)CC2)n1.CC1CCC(n2cnc(C3(Nc4nccc(N5C(=O)N(C)C[C@@H]5C(C)C)n4)CC3)c2)CC1.COc1cc(Cl)cc(-n2cnc(C3(Nc4nccc(N5C(=O)N(C)C[C@@H]5C(C)C)n4)CC3)c2)c1.Cc1ccc(-n2cnc(C3(Nc4nccc(N5C(=O)N(C)C[C@@H]5C(C)C)n4)CC3)c2)cc1Cl. The first-order chi connectivity index (χ1) is 63.1. The van der Waals surface area contributed by atoms with Gasteiger partial charge < -0.3 is 63.9 Å². The minimum Gasteiger partial charge on any atom is -0.497 e. The van der Waals surface area contributed by atoms with Gasteiger partial charge >= 0.3 is 24.1 Å². The number of nitrogens with one attached hydrogen (secondary N) is 4. The second-order valence-electron chi connectivity index (χ2n) is 39.2. The fraction of sp³-hybridized carbons (Fsp3) is 0.537. The first-order valence-electron chi connectivity index (χ1n) is 46.4. The third-order valence-electron chi connectivity index (χ3n) is 28.0. The van der Waals surface area contributed by atoms with Crippen LogP contribution in [-0.4, -0.2) is 213 Å². The summed E-state index contributed by atoms with van der Waals surface area (Å²) in [6.45, 7) is 24.1. The van der Waals surface area contributed by atoms with E-state index in [9.17, 15) is 28.0 Å². The molecule has 0 unspecified atom stereocenters. The van der Waals surface area contributed by atoms with E-state index < -0.39 is 5.92 Å². The van der Waals surface area contributed by atoms with E-state index in [2.05, 4.69) is 134 Å². The van der Waals surface area contributed by atoms with Crippen molar-refractivity contribution >= 4 is 94.4 Å². The molecule has 20 rings (SSSR count). The number of halogens is 4. The number of hydrogen-bond acceptors (Lipinski definition) is 21. The highest BCUT2D eigenvalue weighted by Crippen LogP contribution is 2.52. The number of benzene rings is 2. The standard InChI is InChI=1S/C24H28ClN7O2.C24H28ClN7O.C24H35N7O.C23H31F2N7O/c1-15(2)19-12-30(3)23(33)32(19)21-5-8-26-22(28-21)29-24(6-7-24)20-13-31(14-27-20)17-9-16(25)10-18(11-17)34-4;1-15(2)19-12-30(4)23(33)32(19)21-7-10-26-22(28-21)29-24(8-9-24)20-13-31(14-27-20)17-6-5-16(3)18(25)11-17;1-16(2)19-13-29(4)23(32)31(19)21-9-12-25-22(27-21)28-24(10-11-24)20-14-30(15-26-20)18-7-5-17(3)6-8-18;1-15(2)17-12-30(3)21(33)32(17)19-6-11-26-20(28-19)29-22(9-10-22)18-13-31(14-27-18)16-4-7-23(24,25)8-5-16/h5,8-11,13-15,19H,6-7,12H2,1-4H3,(H,26,28,29);5-7,10-11,13-15,19H,8-9,12H2,1-4H3,(H,26,28,29);9,12,14-19H,5-8,10-11,13H2,1-4H3,(H,25,27,28);6,11,13-17H,4-5,7-10,12H2,1-3H3,(H,26,28,29)/t2*19-;17?,18?,19-;17-/m1111/s1. The van der Waals surface area contributed by atoms with Gasteiger partial charge in [0.2, 0.25) is 29.7 Å². The number of imidazole rings is 4. The van der Waals surface area contributed by atoms with E-state index in [0.717, 1.165) is 102 Å². The van der Waals surface area contributed by atoms with Crippen molar-refractivity contribution in [2.75, 3.05) is 102 Å². The third-order valence-corrected chi connectivity index (χ3v) is 28.6. The van der Waals surface area contributed by atoms with Crippen molar-refractivity contribution in [1.82, 2.24) is 97.7 Å². The van der Waals surface area contributed by atoms with Gasteiger partial charge in [-0.25, -0.2) is 67.8 Å². The molecule has 4 atom stereocenters. The second kappa shape index (κ2) is 36.9. The summed E-state index contributed by atoms with van der Waals surface area (Å²) in [7, 11) is 8.92. The number of ether oxygens (including phenoxy) is 1. The summed E-state index contributed by atoms with van der Waals surface area (Å²) in [6, 6.07) is 19.5. The maximum atomic E-state index is 13.5. The maximum absolute atomic E-state index is 13.5. The predicted molar refractivity (Wildman–Crippen MR) is 505 cm³/mol. The van der Waals surface area contributed by atoms with Crippen molar-refractivity contribution in [3.05, 3.63) is 174 Å². The minimum atomic E-state index is -2.54. The van der Waals surface area contributed by atoms with Crippen molar-refractivity contribution in [2.24, 2.45) is 29.6 Å². The summed E-state index contributed by atoms with van der Waals surface area (Å²) >= 11 is 12.5. The van der Waals surface area contributed by atoms with E-state index in [1.165, 1.54) is 25.7 Å². The summed E-state index contributed by atoms with van der Waals surface area (Å²) in [4.78, 5) is 120. The molecule has 0 spiro atoms. The molecule has 700 valence electrons. The van der Waals surface area contributed by atoms with Crippen LogP contribution in [0.1, 0.15) is 205 Å². The highest BCUT2D eigenvalue weighted by molar-refractivity contribution is 6.31. The topological polar surface area (TPSA) is 326 Å². The molecule has 0 bridgehead atoms. The van der Waals surface area contributed by atoms with E-state index in [1.807, 2.05) is 108 Å². The van der Waals surface area contributed by atoms with Gasteiger partial charge in [0.15, 0.2) is 0 Å². The van der Waals surface area contributed by atoms with Crippen LogP contribution in [0.5, 0.6) is 5.75 Å². The van der Waals surface area contributed by atoms with Crippen LogP contribution >= 0.6 is 23.2 Å². The molecule has 37 heteroatoms. The number of carbonyl (C=O) groups excluding carboxylic acids is 4. The van der Waals surface area contributed by atoms with E-state index in [-0.39, 0.29) is 89.3 Å². The van der Waals surface area contributed by atoms with Crippen LogP contribution in [0.3, 0.4) is 0 Å². The summed E-state index contributed by atoms with van der Waals surface area (Å²) < 4.78 is 40.6. The molecule has 6 saturated carbocycles. The number of aryl methyl sites for hydroxylation is 1. The second-order valence-corrected chi connectivity index (χ2v) is 40.0. The molecule has 33 nitrogen and oxygen atoms in total.